The molecule has 0 saturated carbocycles. The molecule has 0 aliphatic heterocycles. The summed E-state index contributed by atoms with van der Waals surface area (Å²) in [7, 11) is 0. The van der Waals surface area contributed by atoms with Gasteiger partial charge in [0.2, 0.25) is 0 Å². The van der Waals surface area contributed by atoms with Gasteiger partial charge in [-0.2, -0.15) is 0 Å². The molecule has 0 fully saturated rings. The molecule has 0 rings (SSSR count). The Kier molecular flexibility index (Phi) is 65.2. The topological polar surface area (TPSA) is 78.9 Å². The molecule has 0 amide bonds. The number of carbonyl (C=O) groups is 3. The van der Waals surface area contributed by atoms with Gasteiger partial charge in [-0.1, -0.05) is 329 Å². The molecule has 6 nitrogen and oxygen atoms in total. The number of ether oxygens (including phenoxy) is 3. The Morgan fingerprint density at radius 1 is 0.259 bits per heavy atom. The molecule has 1 unspecified atom stereocenters. The second kappa shape index (κ2) is 68.6. The molecule has 1 atom stereocenters. The maximum atomic E-state index is 12.9. The fourth-order valence-corrected chi connectivity index (χ4v) is 9.67. The first-order valence-corrected chi connectivity index (χ1v) is 34.4. The summed E-state index contributed by atoms with van der Waals surface area (Å²) >= 11 is 0. The van der Waals surface area contributed by atoms with Gasteiger partial charge in [0.05, 0.1) is 0 Å². The lowest BCUT2D eigenvalue weighted by Crippen LogP contribution is -2.30. The predicted molar refractivity (Wildman–Crippen MR) is 353 cm³/mol. The monoisotopic (exact) mass is 1120 g/mol. The third kappa shape index (κ3) is 66.8. The molecule has 6 heteroatoms. The molecule has 81 heavy (non-hydrogen) atoms. The summed E-state index contributed by atoms with van der Waals surface area (Å²) in [6, 6.07) is 0. The van der Waals surface area contributed by atoms with Gasteiger partial charge in [0.1, 0.15) is 13.2 Å². The van der Waals surface area contributed by atoms with Crippen molar-refractivity contribution in [3.63, 3.8) is 0 Å². The van der Waals surface area contributed by atoms with E-state index >= 15 is 0 Å². The number of carbonyl (C=O) groups excluding carboxylic acids is 3. The minimum atomic E-state index is -0.783. The SMILES string of the molecule is CC/C=C\C/C=C\C/C=C\C/C=C\C/C=C\C/C=C\C/C=C\C/C=C\C/C=C\CCCCCCCC(=O)OCC(COC(=O)CCCCCCCC)OC(=O)CCCCCCCCCCCCCCCCCCCCCCCCCC. The molecular formula is C75H128O6. The molecular weight excluding hydrogens is 997 g/mol. The van der Waals surface area contributed by atoms with E-state index in [1.807, 2.05) is 0 Å². The van der Waals surface area contributed by atoms with Gasteiger partial charge in [-0.3, -0.25) is 14.4 Å². The van der Waals surface area contributed by atoms with Crippen LogP contribution in [-0.2, 0) is 28.6 Å². The van der Waals surface area contributed by atoms with E-state index in [-0.39, 0.29) is 31.1 Å². The minimum absolute atomic E-state index is 0.0818. The first-order valence-electron chi connectivity index (χ1n) is 34.4. The van der Waals surface area contributed by atoms with Crippen LogP contribution in [0, 0.1) is 0 Å². The maximum absolute atomic E-state index is 12.9. The summed E-state index contributed by atoms with van der Waals surface area (Å²) in [5, 5.41) is 0. The molecule has 0 aromatic heterocycles. The lowest BCUT2D eigenvalue weighted by atomic mass is 10.0. The molecule has 0 saturated heterocycles. The number of hydrogen-bond donors (Lipinski definition) is 0. The molecule has 0 aliphatic rings. The lowest BCUT2D eigenvalue weighted by molar-refractivity contribution is -0.167. The zero-order valence-electron chi connectivity index (χ0n) is 53.3. The third-order valence-corrected chi connectivity index (χ3v) is 14.8. The molecule has 0 aromatic carbocycles. The fraction of sp³-hybridized carbons (Fsp3) is 0.720. The van der Waals surface area contributed by atoms with E-state index in [9.17, 15) is 14.4 Å². The van der Waals surface area contributed by atoms with Gasteiger partial charge in [-0.05, 0) is 89.9 Å². The van der Waals surface area contributed by atoms with Gasteiger partial charge in [0.15, 0.2) is 6.10 Å². The zero-order chi connectivity index (χ0) is 58.5. The normalized spacial score (nSPS) is 12.8. The summed E-state index contributed by atoms with van der Waals surface area (Å²) in [5.41, 5.74) is 0. The summed E-state index contributed by atoms with van der Waals surface area (Å²) in [4.78, 5) is 38.1. The van der Waals surface area contributed by atoms with E-state index in [1.165, 1.54) is 154 Å². The Morgan fingerprint density at radius 2 is 0.481 bits per heavy atom. The standard InChI is InChI=1S/C75H128O6/c1-4-7-10-13-16-18-20-22-24-26-28-30-32-34-35-36-37-38-39-40-41-42-44-45-47-49-51-53-55-57-59-62-65-68-74(77)80-71-72(70-79-73(76)67-64-61-15-12-9-6-3)81-75(78)69-66-63-60-58-56-54-52-50-48-46-43-33-31-29-27-25-23-21-19-17-14-11-8-5-2/h7,10,16,18,22,24,28,30,34-35,37-38,40-41,44-45,49,51,72H,4-6,8-9,11-15,17,19-21,23,25-27,29,31-33,36,39,42-43,46-48,50,52-71H2,1-3H3/b10-7-,18-16-,24-22-,30-28-,35-34-,38-37-,41-40-,45-44-,51-49-. The number of esters is 3. The highest BCUT2D eigenvalue weighted by Gasteiger charge is 2.19. The Bertz CT molecular complexity index is 1620. The molecule has 0 N–H and O–H groups in total. The largest absolute Gasteiger partial charge is 0.462 e. The van der Waals surface area contributed by atoms with Crippen LogP contribution in [0.2, 0.25) is 0 Å². The van der Waals surface area contributed by atoms with Gasteiger partial charge in [-0.15, -0.1) is 0 Å². The van der Waals surface area contributed by atoms with Crippen LogP contribution in [-0.4, -0.2) is 37.2 Å². The van der Waals surface area contributed by atoms with Crippen molar-refractivity contribution in [1.29, 1.82) is 0 Å². The minimum Gasteiger partial charge on any atom is -0.462 e. The van der Waals surface area contributed by atoms with Crippen molar-refractivity contribution in [1.82, 2.24) is 0 Å². The highest BCUT2D eigenvalue weighted by molar-refractivity contribution is 5.71. The average molecular weight is 1130 g/mol. The third-order valence-electron chi connectivity index (χ3n) is 14.8. The van der Waals surface area contributed by atoms with Crippen molar-refractivity contribution in [3.8, 4) is 0 Å². The second-order valence-electron chi connectivity index (χ2n) is 22.7. The number of rotatable bonds is 62. The number of allylic oxidation sites excluding steroid dienone is 18. The van der Waals surface area contributed by atoms with Gasteiger partial charge in [0.25, 0.3) is 0 Å². The van der Waals surface area contributed by atoms with Gasteiger partial charge in [0, 0.05) is 19.3 Å². The van der Waals surface area contributed by atoms with Crippen LogP contribution in [0.25, 0.3) is 0 Å². The Labute approximate surface area is 501 Å². The maximum Gasteiger partial charge on any atom is 0.306 e. The van der Waals surface area contributed by atoms with E-state index in [0.717, 1.165) is 135 Å². The number of unbranched alkanes of at least 4 members (excludes halogenated alkanes) is 33. The molecule has 0 heterocycles. The first kappa shape index (κ1) is 77.1. The lowest BCUT2D eigenvalue weighted by Gasteiger charge is -2.18. The quantitative estimate of drug-likeness (QED) is 0.0261. The summed E-state index contributed by atoms with van der Waals surface area (Å²) < 4.78 is 16.8. The van der Waals surface area contributed by atoms with Crippen LogP contribution in [0.3, 0.4) is 0 Å². The van der Waals surface area contributed by atoms with E-state index in [0.29, 0.717) is 19.3 Å². The van der Waals surface area contributed by atoms with Gasteiger partial charge >= 0.3 is 17.9 Å². The van der Waals surface area contributed by atoms with Crippen molar-refractivity contribution in [2.24, 2.45) is 0 Å². The molecule has 0 aliphatic carbocycles. The second-order valence-corrected chi connectivity index (χ2v) is 22.7. The van der Waals surface area contributed by atoms with Crippen LogP contribution in [0.4, 0.5) is 0 Å². The number of hydrogen-bond acceptors (Lipinski definition) is 6. The average Bonchev–Trinajstić information content (AvgIpc) is 3.47. The predicted octanol–water partition coefficient (Wildman–Crippen LogP) is 23.8. The molecule has 0 radical (unpaired) electrons. The fourth-order valence-electron chi connectivity index (χ4n) is 9.67. The van der Waals surface area contributed by atoms with Crippen molar-refractivity contribution in [2.45, 2.75) is 335 Å². The molecule has 0 aromatic rings. The van der Waals surface area contributed by atoms with E-state index in [4.69, 9.17) is 14.2 Å². The highest BCUT2D eigenvalue weighted by Crippen LogP contribution is 2.17. The van der Waals surface area contributed by atoms with E-state index in [1.54, 1.807) is 0 Å². The Balaban J connectivity index is 4.11. The summed E-state index contributed by atoms with van der Waals surface area (Å²) in [6.45, 7) is 6.48. The van der Waals surface area contributed by atoms with Crippen LogP contribution < -0.4 is 0 Å². The smallest absolute Gasteiger partial charge is 0.306 e. The van der Waals surface area contributed by atoms with Gasteiger partial charge in [-0.25, -0.2) is 0 Å². The molecule has 464 valence electrons. The van der Waals surface area contributed by atoms with E-state index < -0.39 is 6.10 Å². The van der Waals surface area contributed by atoms with Crippen molar-refractivity contribution < 1.29 is 28.6 Å². The van der Waals surface area contributed by atoms with Crippen molar-refractivity contribution in [3.05, 3.63) is 109 Å². The Morgan fingerprint density at radius 3 is 0.753 bits per heavy atom. The van der Waals surface area contributed by atoms with Crippen LogP contribution >= 0.6 is 0 Å². The molecule has 0 spiro atoms. The van der Waals surface area contributed by atoms with Crippen LogP contribution in [0.1, 0.15) is 329 Å². The highest BCUT2D eigenvalue weighted by atomic mass is 16.6. The first-order chi connectivity index (χ1) is 40.0. The van der Waals surface area contributed by atoms with Crippen LogP contribution in [0.15, 0.2) is 109 Å². The summed E-state index contributed by atoms with van der Waals surface area (Å²) in [5.74, 6) is -0.900. The molecule has 0 bridgehead atoms. The zero-order valence-corrected chi connectivity index (χ0v) is 53.3. The van der Waals surface area contributed by atoms with Gasteiger partial charge < -0.3 is 14.2 Å². The summed E-state index contributed by atoms with van der Waals surface area (Å²) in [6.07, 6.45) is 94.4. The van der Waals surface area contributed by atoms with Crippen LogP contribution in [0.5, 0.6) is 0 Å². The van der Waals surface area contributed by atoms with Crippen molar-refractivity contribution >= 4 is 17.9 Å². The van der Waals surface area contributed by atoms with Crippen molar-refractivity contribution in [2.75, 3.05) is 13.2 Å². The van der Waals surface area contributed by atoms with E-state index in [2.05, 4.69) is 130 Å². The Hall–Kier alpha value is -3.93.